The molecule has 0 fully saturated rings. The number of pyridine rings is 1. The number of hydrogen-bond donors (Lipinski definition) is 2. The summed E-state index contributed by atoms with van der Waals surface area (Å²) in [5, 5.41) is 5.77. The number of para-hydroxylation sites is 1. The van der Waals surface area contributed by atoms with Gasteiger partial charge in [0.2, 0.25) is 0 Å². The molecule has 0 bridgehead atoms. The van der Waals surface area contributed by atoms with E-state index in [9.17, 15) is 9.18 Å². The van der Waals surface area contributed by atoms with Crippen molar-refractivity contribution in [2.75, 3.05) is 10.6 Å². The molecule has 0 aliphatic carbocycles. The highest BCUT2D eigenvalue weighted by Crippen LogP contribution is 2.20. The van der Waals surface area contributed by atoms with Gasteiger partial charge in [-0.05, 0) is 42.5 Å². The van der Waals surface area contributed by atoms with Crippen LogP contribution in [-0.2, 0) is 0 Å². The number of aromatic nitrogens is 1. The van der Waals surface area contributed by atoms with Crippen LogP contribution >= 0.6 is 11.6 Å². The maximum atomic E-state index is 13.2. The van der Waals surface area contributed by atoms with Gasteiger partial charge in [0, 0.05) is 23.3 Å². The lowest BCUT2D eigenvalue weighted by Crippen LogP contribution is -2.13. The van der Waals surface area contributed by atoms with Crippen LogP contribution in [0.25, 0.3) is 0 Å². The van der Waals surface area contributed by atoms with Gasteiger partial charge in [-0.2, -0.15) is 0 Å². The highest BCUT2D eigenvalue weighted by Gasteiger charge is 2.10. The minimum absolute atomic E-state index is 0.0553. The zero-order chi connectivity index (χ0) is 16.9. The predicted molar refractivity (Wildman–Crippen MR) is 93.3 cm³/mol. The van der Waals surface area contributed by atoms with Crippen LogP contribution in [-0.4, -0.2) is 10.9 Å². The van der Waals surface area contributed by atoms with Crippen LogP contribution < -0.4 is 10.6 Å². The molecule has 0 atom stereocenters. The molecule has 0 aliphatic rings. The highest BCUT2D eigenvalue weighted by molar-refractivity contribution is 6.31. The van der Waals surface area contributed by atoms with Crippen molar-refractivity contribution < 1.29 is 9.18 Å². The molecule has 0 radical (unpaired) electrons. The summed E-state index contributed by atoms with van der Waals surface area (Å²) in [5.41, 5.74) is 2.27. The second-order valence-electron chi connectivity index (χ2n) is 5.00. The molecule has 120 valence electrons. The van der Waals surface area contributed by atoms with E-state index >= 15 is 0 Å². The summed E-state index contributed by atoms with van der Waals surface area (Å²) < 4.78 is 13.2. The lowest BCUT2D eigenvalue weighted by Gasteiger charge is -2.09. The van der Waals surface area contributed by atoms with E-state index in [1.165, 1.54) is 24.4 Å². The molecule has 0 saturated heterocycles. The number of carbonyl (C=O) groups excluding carboxylic acids is 1. The number of hydrogen-bond acceptors (Lipinski definition) is 3. The average molecular weight is 342 g/mol. The third-order valence-electron chi connectivity index (χ3n) is 3.23. The molecule has 0 saturated carbocycles. The van der Waals surface area contributed by atoms with Crippen molar-refractivity contribution in [3.05, 3.63) is 83.4 Å². The normalized spacial score (nSPS) is 10.2. The Morgan fingerprint density at radius 2 is 1.75 bits per heavy atom. The SMILES string of the molecule is O=C(Nc1ccc(F)c(Cl)c1)c1cc(Nc2ccccc2)ccn1. The van der Waals surface area contributed by atoms with Gasteiger partial charge in [0.15, 0.2) is 0 Å². The molecule has 3 aromatic rings. The number of halogens is 2. The molecule has 24 heavy (non-hydrogen) atoms. The van der Waals surface area contributed by atoms with Gasteiger partial charge < -0.3 is 10.6 Å². The maximum absolute atomic E-state index is 13.2. The van der Waals surface area contributed by atoms with Crippen LogP contribution in [0, 0.1) is 5.82 Å². The Hall–Kier alpha value is -2.92. The van der Waals surface area contributed by atoms with Crippen LogP contribution in [0.3, 0.4) is 0 Å². The van der Waals surface area contributed by atoms with Crippen molar-refractivity contribution in [1.29, 1.82) is 0 Å². The van der Waals surface area contributed by atoms with E-state index in [0.29, 0.717) is 5.69 Å². The molecular weight excluding hydrogens is 329 g/mol. The van der Waals surface area contributed by atoms with E-state index in [4.69, 9.17) is 11.6 Å². The monoisotopic (exact) mass is 341 g/mol. The third-order valence-corrected chi connectivity index (χ3v) is 3.52. The van der Waals surface area contributed by atoms with Gasteiger partial charge in [-0.3, -0.25) is 9.78 Å². The van der Waals surface area contributed by atoms with E-state index < -0.39 is 11.7 Å². The first-order chi connectivity index (χ1) is 11.6. The van der Waals surface area contributed by atoms with E-state index in [1.54, 1.807) is 12.1 Å². The Morgan fingerprint density at radius 1 is 0.958 bits per heavy atom. The van der Waals surface area contributed by atoms with E-state index in [2.05, 4.69) is 15.6 Å². The molecule has 1 amide bonds. The molecular formula is C18H13ClFN3O. The summed E-state index contributed by atoms with van der Waals surface area (Å²) >= 11 is 5.71. The summed E-state index contributed by atoms with van der Waals surface area (Å²) in [4.78, 5) is 16.3. The summed E-state index contributed by atoms with van der Waals surface area (Å²) in [6.07, 6.45) is 1.54. The molecule has 0 unspecified atom stereocenters. The molecule has 0 aliphatic heterocycles. The van der Waals surface area contributed by atoms with Crippen LogP contribution in [0.1, 0.15) is 10.5 Å². The van der Waals surface area contributed by atoms with E-state index in [-0.39, 0.29) is 10.7 Å². The van der Waals surface area contributed by atoms with Crippen molar-refractivity contribution in [3.8, 4) is 0 Å². The van der Waals surface area contributed by atoms with Crippen molar-refractivity contribution in [2.45, 2.75) is 0 Å². The zero-order valence-electron chi connectivity index (χ0n) is 12.5. The van der Waals surface area contributed by atoms with Gasteiger partial charge in [-0.25, -0.2) is 4.39 Å². The van der Waals surface area contributed by atoms with Crippen LogP contribution in [0.4, 0.5) is 21.5 Å². The minimum atomic E-state index is -0.540. The lowest BCUT2D eigenvalue weighted by molar-refractivity contribution is 0.102. The van der Waals surface area contributed by atoms with Crippen LogP contribution in [0.5, 0.6) is 0 Å². The van der Waals surface area contributed by atoms with E-state index in [0.717, 1.165) is 11.4 Å². The van der Waals surface area contributed by atoms with Gasteiger partial charge in [0.25, 0.3) is 5.91 Å². The maximum Gasteiger partial charge on any atom is 0.274 e. The first-order valence-electron chi connectivity index (χ1n) is 7.16. The van der Waals surface area contributed by atoms with Crippen molar-refractivity contribution in [2.24, 2.45) is 0 Å². The fraction of sp³-hybridized carbons (Fsp3) is 0. The molecule has 3 rings (SSSR count). The molecule has 1 heterocycles. The number of nitrogens with one attached hydrogen (secondary N) is 2. The minimum Gasteiger partial charge on any atom is -0.355 e. The molecule has 2 aromatic carbocycles. The second kappa shape index (κ2) is 7.10. The largest absolute Gasteiger partial charge is 0.355 e. The van der Waals surface area contributed by atoms with Gasteiger partial charge in [0.05, 0.1) is 5.02 Å². The van der Waals surface area contributed by atoms with Crippen LogP contribution in [0.15, 0.2) is 66.9 Å². The summed E-state index contributed by atoms with van der Waals surface area (Å²) in [6, 6.07) is 17.0. The quantitative estimate of drug-likeness (QED) is 0.711. The van der Waals surface area contributed by atoms with Gasteiger partial charge >= 0.3 is 0 Å². The Morgan fingerprint density at radius 3 is 2.50 bits per heavy atom. The average Bonchev–Trinajstić information content (AvgIpc) is 2.59. The van der Waals surface area contributed by atoms with Crippen LogP contribution in [0.2, 0.25) is 5.02 Å². The summed E-state index contributed by atoms with van der Waals surface area (Å²) in [6.45, 7) is 0. The van der Waals surface area contributed by atoms with Gasteiger partial charge in [0.1, 0.15) is 11.5 Å². The van der Waals surface area contributed by atoms with Crippen molar-refractivity contribution in [3.63, 3.8) is 0 Å². The number of benzene rings is 2. The molecule has 4 nitrogen and oxygen atoms in total. The topological polar surface area (TPSA) is 54.0 Å². The van der Waals surface area contributed by atoms with Crippen molar-refractivity contribution in [1.82, 2.24) is 4.98 Å². The first-order valence-corrected chi connectivity index (χ1v) is 7.54. The Balaban J connectivity index is 1.75. The summed E-state index contributed by atoms with van der Waals surface area (Å²) in [5.74, 6) is -0.948. The predicted octanol–water partition coefficient (Wildman–Crippen LogP) is 4.87. The number of rotatable bonds is 4. The third kappa shape index (κ3) is 3.88. The Kier molecular flexibility index (Phi) is 4.72. The Bertz CT molecular complexity index is 871. The number of nitrogens with zero attached hydrogens (tertiary/aromatic N) is 1. The molecule has 1 aromatic heterocycles. The van der Waals surface area contributed by atoms with Crippen molar-refractivity contribution >= 4 is 34.6 Å². The highest BCUT2D eigenvalue weighted by atomic mass is 35.5. The van der Waals surface area contributed by atoms with Gasteiger partial charge in [-0.15, -0.1) is 0 Å². The molecule has 2 N–H and O–H groups in total. The molecule has 0 spiro atoms. The molecule has 6 heteroatoms. The second-order valence-corrected chi connectivity index (χ2v) is 5.41. The number of amides is 1. The fourth-order valence-corrected chi connectivity index (χ4v) is 2.27. The lowest BCUT2D eigenvalue weighted by atomic mass is 10.2. The summed E-state index contributed by atoms with van der Waals surface area (Å²) in [7, 11) is 0. The smallest absolute Gasteiger partial charge is 0.274 e. The van der Waals surface area contributed by atoms with Gasteiger partial charge in [-0.1, -0.05) is 29.8 Å². The number of anilines is 3. The standard InChI is InChI=1S/C18H13ClFN3O/c19-15-10-13(6-7-16(15)20)23-18(24)17-11-14(8-9-21-17)22-12-4-2-1-3-5-12/h1-11H,(H,21,22)(H,23,24). The fourth-order valence-electron chi connectivity index (χ4n) is 2.09. The first kappa shape index (κ1) is 16.0. The number of carbonyl (C=O) groups is 1. The Labute approximate surface area is 143 Å². The zero-order valence-corrected chi connectivity index (χ0v) is 13.2. The van der Waals surface area contributed by atoms with E-state index in [1.807, 2.05) is 30.3 Å².